The summed E-state index contributed by atoms with van der Waals surface area (Å²) in [5, 5.41) is 0. The summed E-state index contributed by atoms with van der Waals surface area (Å²) in [5.74, 6) is 6.22. The van der Waals surface area contributed by atoms with Gasteiger partial charge in [-0.25, -0.2) is 14.4 Å². The Hall–Kier alpha value is -3.72. The van der Waals surface area contributed by atoms with Crippen molar-refractivity contribution >= 4 is 11.5 Å². The maximum atomic E-state index is 13.4. The molecule has 0 aliphatic rings. The summed E-state index contributed by atoms with van der Waals surface area (Å²) in [5.41, 5.74) is 9.12. The van der Waals surface area contributed by atoms with Gasteiger partial charge in [-0.2, -0.15) is 0 Å². The molecule has 0 amide bonds. The molecule has 3 aromatic heterocycles. The number of halogens is 1. The zero-order chi connectivity index (χ0) is 17.2. The van der Waals surface area contributed by atoms with Gasteiger partial charge in [-0.1, -0.05) is 18.1 Å². The number of aromatic nitrogens is 4. The van der Waals surface area contributed by atoms with Crippen LogP contribution in [0.2, 0.25) is 0 Å². The van der Waals surface area contributed by atoms with Crippen LogP contribution in [0.4, 0.5) is 10.2 Å². The Morgan fingerprint density at radius 3 is 2.76 bits per heavy atom. The van der Waals surface area contributed by atoms with Crippen molar-refractivity contribution in [1.29, 1.82) is 0 Å². The molecule has 2 N–H and O–H groups in total. The number of anilines is 1. The van der Waals surface area contributed by atoms with E-state index >= 15 is 0 Å². The molecule has 0 radical (unpaired) electrons. The topological polar surface area (TPSA) is 69.1 Å². The Labute approximate surface area is 143 Å². The summed E-state index contributed by atoms with van der Waals surface area (Å²) in [4.78, 5) is 12.6. The SMILES string of the molecule is Nc1cc(C#Cc2cnc3cnc(-c4cccc(F)c4)cn23)ccn1. The third kappa shape index (κ3) is 3.03. The molecule has 0 saturated heterocycles. The van der Waals surface area contributed by atoms with E-state index in [0.29, 0.717) is 28.4 Å². The molecule has 3 heterocycles. The number of rotatable bonds is 1. The van der Waals surface area contributed by atoms with Gasteiger partial charge in [0.2, 0.25) is 0 Å². The zero-order valence-corrected chi connectivity index (χ0v) is 13.0. The highest BCUT2D eigenvalue weighted by Crippen LogP contribution is 2.19. The number of nitrogen functional groups attached to an aromatic ring is 1. The van der Waals surface area contributed by atoms with Crippen molar-refractivity contribution in [1.82, 2.24) is 19.4 Å². The monoisotopic (exact) mass is 329 g/mol. The van der Waals surface area contributed by atoms with Crippen LogP contribution in [0.5, 0.6) is 0 Å². The van der Waals surface area contributed by atoms with Crippen LogP contribution in [-0.4, -0.2) is 19.4 Å². The van der Waals surface area contributed by atoms with Gasteiger partial charge in [0.1, 0.15) is 17.3 Å². The summed E-state index contributed by atoms with van der Waals surface area (Å²) in [6.07, 6.45) is 6.71. The normalized spacial score (nSPS) is 10.4. The lowest BCUT2D eigenvalue weighted by atomic mass is 10.1. The predicted molar refractivity (Wildman–Crippen MR) is 93.0 cm³/mol. The Bertz CT molecular complexity index is 1140. The van der Waals surface area contributed by atoms with Crippen molar-refractivity contribution in [2.45, 2.75) is 0 Å². The van der Waals surface area contributed by atoms with E-state index in [-0.39, 0.29) is 5.82 Å². The molecular formula is C19H12FN5. The maximum absolute atomic E-state index is 13.4. The van der Waals surface area contributed by atoms with E-state index in [1.807, 2.05) is 4.40 Å². The quantitative estimate of drug-likeness (QED) is 0.545. The minimum atomic E-state index is -0.305. The van der Waals surface area contributed by atoms with Crippen LogP contribution in [0, 0.1) is 17.7 Å². The third-order valence-electron chi connectivity index (χ3n) is 3.63. The van der Waals surface area contributed by atoms with Gasteiger partial charge >= 0.3 is 0 Å². The molecule has 0 unspecified atom stereocenters. The second-order valence-electron chi connectivity index (χ2n) is 5.37. The van der Waals surface area contributed by atoms with Gasteiger partial charge in [0.05, 0.1) is 18.1 Å². The zero-order valence-electron chi connectivity index (χ0n) is 13.0. The van der Waals surface area contributed by atoms with Gasteiger partial charge in [-0.05, 0) is 30.2 Å². The van der Waals surface area contributed by atoms with Crippen LogP contribution in [0.15, 0.2) is 61.2 Å². The van der Waals surface area contributed by atoms with E-state index in [1.165, 1.54) is 12.1 Å². The van der Waals surface area contributed by atoms with Crippen molar-refractivity contribution < 1.29 is 4.39 Å². The van der Waals surface area contributed by atoms with E-state index in [1.54, 1.807) is 49.1 Å². The first-order valence-electron chi connectivity index (χ1n) is 7.52. The van der Waals surface area contributed by atoms with Gasteiger partial charge in [0, 0.05) is 23.5 Å². The maximum Gasteiger partial charge on any atom is 0.156 e. The lowest BCUT2D eigenvalue weighted by Crippen LogP contribution is -1.93. The van der Waals surface area contributed by atoms with Crippen LogP contribution < -0.4 is 5.73 Å². The second kappa shape index (κ2) is 6.06. The molecule has 0 spiro atoms. The standard InChI is InChI=1S/C19H12FN5/c20-15-3-1-2-14(9-15)17-12-25-16(10-24-19(25)11-23-17)5-4-13-6-7-22-18(21)8-13/h1-3,6-12H,(H2,21,22). The minimum absolute atomic E-state index is 0.305. The third-order valence-corrected chi connectivity index (χ3v) is 3.63. The van der Waals surface area contributed by atoms with Crippen LogP contribution >= 0.6 is 0 Å². The highest BCUT2D eigenvalue weighted by atomic mass is 19.1. The van der Waals surface area contributed by atoms with Crippen molar-refractivity contribution in [2.24, 2.45) is 0 Å². The number of hydrogen-bond donors (Lipinski definition) is 1. The number of imidazole rings is 1. The highest BCUT2D eigenvalue weighted by molar-refractivity contribution is 5.60. The van der Waals surface area contributed by atoms with Gasteiger partial charge in [0.25, 0.3) is 0 Å². The Balaban J connectivity index is 1.77. The lowest BCUT2D eigenvalue weighted by molar-refractivity contribution is 0.628. The second-order valence-corrected chi connectivity index (χ2v) is 5.37. The van der Waals surface area contributed by atoms with Gasteiger partial charge in [-0.3, -0.25) is 9.38 Å². The number of hydrogen-bond acceptors (Lipinski definition) is 4. The van der Waals surface area contributed by atoms with Crippen molar-refractivity contribution in [3.63, 3.8) is 0 Å². The lowest BCUT2D eigenvalue weighted by Gasteiger charge is -2.02. The molecule has 0 bridgehead atoms. The largest absolute Gasteiger partial charge is 0.384 e. The van der Waals surface area contributed by atoms with Gasteiger partial charge in [0.15, 0.2) is 5.65 Å². The number of benzene rings is 1. The summed E-state index contributed by atoms with van der Waals surface area (Å²) in [6.45, 7) is 0. The molecule has 0 fully saturated rings. The number of nitrogens with two attached hydrogens (primary N) is 1. The summed E-state index contributed by atoms with van der Waals surface area (Å²) in [7, 11) is 0. The first kappa shape index (κ1) is 14.8. The molecule has 0 atom stereocenters. The summed E-state index contributed by atoms with van der Waals surface area (Å²) < 4.78 is 15.3. The van der Waals surface area contributed by atoms with Crippen LogP contribution in [0.25, 0.3) is 16.9 Å². The number of pyridine rings is 1. The average Bonchev–Trinajstić information content (AvgIpc) is 3.02. The van der Waals surface area contributed by atoms with Crippen LogP contribution in [0.3, 0.4) is 0 Å². The average molecular weight is 329 g/mol. The minimum Gasteiger partial charge on any atom is -0.384 e. The van der Waals surface area contributed by atoms with E-state index in [9.17, 15) is 4.39 Å². The Morgan fingerprint density at radius 2 is 1.92 bits per heavy atom. The Morgan fingerprint density at radius 1 is 1.00 bits per heavy atom. The van der Waals surface area contributed by atoms with E-state index in [2.05, 4.69) is 26.8 Å². The van der Waals surface area contributed by atoms with Crippen molar-refractivity contribution in [2.75, 3.05) is 5.73 Å². The van der Waals surface area contributed by atoms with Gasteiger partial charge in [-0.15, -0.1) is 0 Å². The first-order valence-corrected chi connectivity index (χ1v) is 7.52. The molecule has 25 heavy (non-hydrogen) atoms. The van der Waals surface area contributed by atoms with E-state index in [0.717, 1.165) is 5.56 Å². The van der Waals surface area contributed by atoms with E-state index in [4.69, 9.17) is 5.73 Å². The van der Waals surface area contributed by atoms with Gasteiger partial charge < -0.3 is 5.73 Å². The van der Waals surface area contributed by atoms with Crippen LogP contribution in [-0.2, 0) is 0 Å². The molecule has 0 aliphatic carbocycles. The fraction of sp³-hybridized carbons (Fsp3) is 0. The highest BCUT2D eigenvalue weighted by Gasteiger charge is 2.06. The number of fused-ring (bicyclic) bond motifs is 1. The molecule has 4 rings (SSSR count). The molecular weight excluding hydrogens is 317 g/mol. The molecule has 0 saturated carbocycles. The van der Waals surface area contributed by atoms with Crippen LogP contribution in [0.1, 0.15) is 11.3 Å². The summed E-state index contributed by atoms with van der Waals surface area (Å²) in [6, 6.07) is 9.79. The Kier molecular flexibility index (Phi) is 3.60. The van der Waals surface area contributed by atoms with Crippen molar-refractivity contribution in [3.05, 3.63) is 78.3 Å². The molecule has 1 aromatic carbocycles. The fourth-order valence-electron chi connectivity index (χ4n) is 2.44. The summed E-state index contributed by atoms with van der Waals surface area (Å²) >= 11 is 0. The first-order chi connectivity index (χ1) is 12.2. The predicted octanol–water partition coefficient (Wildman–Crippen LogP) is 2.91. The molecule has 5 nitrogen and oxygen atoms in total. The smallest absolute Gasteiger partial charge is 0.156 e. The van der Waals surface area contributed by atoms with Crippen molar-refractivity contribution in [3.8, 4) is 23.1 Å². The molecule has 0 aliphatic heterocycles. The van der Waals surface area contributed by atoms with E-state index < -0.39 is 0 Å². The fourth-order valence-corrected chi connectivity index (χ4v) is 2.44. The number of nitrogens with zero attached hydrogens (tertiary/aromatic N) is 4. The molecule has 6 heteroatoms. The molecule has 4 aromatic rings. The molecule has 120 valence electrons.